The lowest BCUT2D eigenvalue weighted by atomic mass is 10.2. The van der Waals surface area contributed by atoms with Crippen molar-refractivity contribution in [3.8, 4) is 0 Å². The van der Waals surface area contributed by atoms with Crippen LogP contribution in [-0.2, 0) is 11.3 Å². The van der Waals surface area contributed by atoms with Crippen LogP contribution in [0.2, 0.25) is 0 Å². The van der Waals surface area contributed by atoms with Gasteiger partial charge in [-0.2, -0.15) is 4.57 Å². The van der Waals surface area contributed by atoms with E-state index in [0.717, 1.165) is 12.8 Å². The number of Topliss-reactive ketones (excluding diaryl/α,β-unsaturated/α-hetero) is 1. The van der Waals surface area contributed by atoms with Gasteiger partial charge < -0.3 is 5.32 Å². The van der Waals surface area contributed by atoms with Crippen LogP contribution in [-0.4, -0.2) is 17.7 Å². The van der Waals surface area contributed by atoms with E-state index >= 15 is 0 Å². The number of aromatic nitrogens is 1. The van der Waals surface area contributed by atoms with Gasteiger partial charge in [-0.15, -0.1) is 0 Å². The highest BCUT2D eigenvalue weighted by atomic mass is 16.1. The molecule has 0 radical (unpaired) electrons. The van der Waals surface area contributed by atoms with E-state index in [0.29, 0.717) is 18.2 Å². The van der Waals surface area contributed by atoms with Crippen molar-refractivity contribution in [2.24, 2.45) is 0 Å². The van der Waals surface area contributed by atoms with Crippen molar-refractivity contribution in [3.63, 3.8) is 0 Å². The van der Waals surface area contributed by atoms with Crippen molar-refractivity contribution in [2.45, 2.75) is 32.4 Å². The third-order valence-corrected chi connectivity index (χ3v) is 2.44. The van der Waals surface area contributed by atoms with Crippen LogP contribution >= 0.6 is 0 Å². The number of nitrogens with zero attached hydrogens (tertiary/aromatic N) is 1. The minimum absolute atomic E-state index is 0.0552. The van der Waals surface area contributed by atoms with E-state index in [9.17, 15) is 9.59 Å². The van der Waals surface area contributed by atoms with E-state index in [2.05, 4.69) is 5.32 Å². The molecule has 1 amide bonds. The maximum Gasteiger partial charge on any atom is 0.257 e. The van der Waals surface area contributed by atoms with Crippen molar-refractivity contribution in [1.82, 2.24) is 5.32 Å². The number of nitrogens with one attached hydrogen (secondary N) is 1. The summed E-state index contributed by atoms with van der Waals surface area (Å²) in [5.74, 6) is 0.0187. The van der Waals surface area contributed by atoms with Crippen LogP contribution in [0.5, 0.6) is 0 Å². The zero-order chi connectivity index (χ0) is 11.5. The number of hydrogen-bond donors (Lipinski definition) is 1. The second-order valence-electron chi connectivity index (χ2n) is 4.21. The monoisotopic (exact) mass is 219 g/mol. The maximum atomic E-state index is 11.7. The van der Waals surface area contributed by atoms with Crippen LogP contribution in [0.1, 0.15) is 30.1 Å². The highest BCUT2D eigenvalue weighted by Gasteiger charge is 2.24. The van der Waals surface area contributed by atoms with Gasteiger partial charge in [-0.25, -0.2) is 0 Å². The molecule has 0 atom stereocenters. The molecule has 16 heavy (non-hydrogen) atoms. The van der Waals surface area contributed by atoms with E-state index < -0.39 is 0 Å². The minimum atomic E-state index is -0.0552. The number of carbonyl (C=O) groups is 2. The topological polar surface area (TPSA) is 50.0 Å². The Kier molecular flexibility index (Phi) is 2.99. The van der Waals surface area contributed by atoms with Gasteiger partial charge in [-0.3, -0.25) is 9.59 Å². The summed E-state index contributed by atoms with van der Waals surface area (Å²) in [5, 5.41) is 2.91. The van der Waals surface area contributed by atoms with Gasteiger partial charge in [0.2, 0.25) is 6.54 Å². The molecule has 0 aliphatic heterocycles. The summed E-state index contributed by atoms with van der Waals surface area (Å²) in [6.45, 7) is 1.84. The fraction of sp³-hybridized carbons (Fsp3) is 0.417. The smallest absolute Gasteiger partial charge is 0.257 e. The average Bonchev–Trinajstić information content (AvgIpc) is 3.01. The van der Waals surface area contributed by atoms with E-state index in [-0.39, 0.29) is 11.7 Å². The zero-order valence-corrected chi connectivity index (χ0v) is 9.27. The molecular formula is C12H15N2O2+. The molecule has 0 unspecified atom stereocenters. The highest BCUT2D eigenvalue weighted by Crippen LogP contribution is 2.19. The second-order valence-corrected chi connectivity index (χ2v) is 4.21. The second kappa shape index (κ2) is 4.43. The number of rotatable bonds is 4. The average molecular weight is 219 g/mol. The molecule has 1 aromatic heterocycles. The first kappa shape index (κ1) is 10.8. The van der Waals surface area contributed by atoms with Crippen LogP contribution in [0.3, 0.4) is 0 Å². The van der Waals surface area contributed by atoms with E-state index in [4.69, 9.17) is 0 Å². The van der Waals surface area contributed by atoms with Gasteiger partial charge in [0, 0.05) is 19.0 Å². The number of amides is 1. The molecule has 0 bridgehead atoms. The lowest BCUT2D eigenvalue weighted by molar-refractivity contribution is -0.684. The number of carbonyl (C=O) groups excluding carboxylic acids is 2. The van der Waals surface area contributed by atoms with Crippen molar-refractivity contribution in [1.29, 1.82) is 0 Å². The third-order valence-electron chi connectivity index (χ3n) is 2.44. The number of pyridine rings is 1. The Hall–Kier alpha value is -1.71. The summed E-state index contributed by atoms with van der Waals surface area (Å²) in [5.41, 5.74) is 0.607. The number of hydrogen-bond acceptors (Lipinski definition) is 2. The van der Waals surface area contributed by atoms with Crippen molar-refractivity contribution in [2.75, 3.05) is 0 Å². The molecule has 1 heterocycles. The molecule has 1 aliphatic rings. The van der Waals surface area contributed by atoms with Crippen molar-refractivity contribution >= 4 is 11.7 Å². The molecule has 0 aromatic carbocycles. The van der Waals surface area contributed by atoms with Gasteiger partial charge in [-0.1, -0.05) is 0 Å². The quantitative estimate of drug-likeness (QED) is 0.748. The normalized spacial score (nSPS) is 14.6. The summed E-state index contributed by atoms with van der Waals surface area (Å²) >= 11 is 0. The van der Waals surface area contributed by atoms with Gasteiger partial charge >= 0.3 is 0 Å². The van der Waals surface area contributed by atoms with Crippen LogP contribution in [0.15, 0.2) is 24.5 Å². The summed E-state index contributed by atoms with van der Waals surface area (Å²) in [7, 11) is 0. The van der Waals surface area contributed by atoms with Gasteiger partial charge in [0.15, 0.2) is 18.2 Å². The first-order chi connectivity index (χ1) is 7.65. The Morgan fingerprint density at radius 2 is 2.25 bits per heavy atom. The molecule has 1 saturated carbocycles. The lowest BCUT2D eigenvalue weighted by Crippen LogP contribution is -2.38. The molecule has 0 saturated heterocycles. The van der Waals surface area contributed by atoms with Crippen LogP contribution in [0.25, 0.3) is 0 Å². The van der Waals surface area contributed by atoms with Gasteiger partial charge in [-0.05, 0) is 18.9 Å². The largest absolute Gasteiger partial charge is 0.349 e. The molecule has 1 aromatic rings. The molecule has 4 nitrogen and oxygen atoms in total. The Morgan fingerprint density at radius 3 is 2.88 bits per heavy atom. The molecule has 1 fully saturated rings. The van der Waals surface area contributed by atoms with E-state index in [1.807, 2.05) is 0 Å². The maximum absolute atomic E-state index is 11.7. The Bertz CT molecular complexity index is 425. The summed E-state index contributed by atoms with van der Waals surface area (Å²) in [6, 6.07) is 3.90. The first-order valence-electron chi connectivity index (χ1n) is 5.44. The first-order valence-corrected chi connectivity index (χ1v) is 5.44. The Morgan fingerprint density at radius 1 is 1.50 bits per heavy atom. The fourth-order valence-corrected chi connectivity index (χ4v) is 1.51. The van der Waals surface area contributed by atoms with Crippen LogP contribution in [0.4, 0.5) is 0 Å². The van der Waals surface area contributed by atoms with Crippen molar-refractivity contribution < 1.29 is 14.2 Å². The molecule has 1 aliphatic carbocycles. The summed E-state index contributed by atoms with van der Waals surface area (Å²) < 4.78 is 1.73. The van der Waals surface area contributed by atoms with Gasteiger partial charge in [0.1, 0.15) is 5.56 Å². The Balaban J connectivity index is 2.07. The van der Waals surface area contributed by atoms with Crippen LogP contribution in [0, 0.1) is 0 Å². The number of ketones is 1. The summed E-state index contributed by atoms with van der Waals surface area (Å²) in [4.78, 5) is 22.7. The molecule has 2 rings (SSSR count). The highest BCUT2D eigenvalue weighted by molar-refractivity contribution is 5.94. The third kappa shape index (κ3) is 2.89. The van der Waals surface area contributed by atoms with E-state index in [1.165, 1.54) is 6.92 Å². The molecule has 0 spiro atoms. The van der Waals surface area contributed by atoms with Gasteiger partial charge in [0.05, 0.1) is 0 Å². The zero-order valence-electron chi connectivity index (χ0n) is 9.27. The molecule has 4 heteroatoms. The molecule has 1 N–H and O–H groups in total. The Labute approximate surface area is 94.3 Å². The van der Waals surface area contributed by atoms with Gasteiger partial charge in [0.25, 0.3) is 5.91 Å². The molecular weight excluding hydrogens is 204 g/mol. The predicted octanol–water partition coefficient (Wildman–Crippen LogP) is 0.455. The lowest BCUT2D eigenvalue weighted by Gasteiger charge is -2.01. The molecule has 84 valence electrons. The van der Waals surface area contributed by atoms with Crippen LogP contribution < -0.4 is 9.88 Å². The summed E-state index contributed by atoms with van der Waals surface area (Å²) in [6.07, 6.45) is 5.65. The standard InChI is InChI=1S/C12H14N2O2/c1-9(15)7-14-6-2-3-10(8-14)12(16)13-11-4-5-11/h2-3,6,8,11H,4-5,7H2,1H3/p+1. The predicted molar refractivity (Wildman–Crippen MR) is 57.8 cm³/mol. The van der Waals surface area contributed by atoms with Crippen molar-refractivity contribution in [3.05, 3.63) is 30.1 Å². The van der Waals surface area contributed by atoms with E-state index in [1.54, 1.807) is 29.1 Å². The SMILES string of the molecule is CC(=O)C[n+]1cccc(C(=O)NC2CC2)c1. The minimum Gasteiger partial charge on any atom is -0.349 e. The fourth-order valence-electron chi connectivity index (χ4n) is 1.51.